The number of aryl methyl sites for hydroxylation is 12. The summed E-state index contributed by atoms with van der Waals surface area (Å²) >= 11 is 0. The van der Waals surface area contributed by atoms with Crippen LogP contribution in [0.1, 0.15) is 83.5 Å². The molecule has 0 aliphatic carbocycles. The standard InChI is InChI=1S/3C15H18/c3*1-9-6-7-14-8-10(2)11(3)13(5)15(14)12(9)4/h3*6-8H,1-5H3. The van der Waals surface area contributed by atoms with Crippen molar-refractivity contribution in [1.82, 2.24) is 0 Å². The van der Waals surface area contributed by atoms with Gasteiger partial charge < -0.3 is 0 Å². The van der Waals surface area contributed by atoms with Crippen molar-refractivity contribution in [2.45, 2.75) is 104 Å². The molecule has 0 amide bonds. The van der Waals surface area contributed by atoms with Crippen LogP contribution in [-0.4, -0.2) is 0 Å². The molecule has 0 atom stereocenters. The topological polar surface area (TPSA) is 0 Å². The van der Waals surface area contributed by atoms with Crippen molar-refractivity contribution in [2.75, 3.05) is 0 Å². The Labute approximate surface area is 273 Å². The maximum absolute atomic E-state index is 2.30. The lowest BCUT2D eigenvalue weighted by molar-refractivity contribution is 1.28. The minimum atomic E-state index is 1.37. The lowest BCUT2D eigenvalue weighted by atomic mass is 9.92. The summed E-state index contributed by atoms with van der Waals surface area (Å²) in [5.74, 6) is 0. The lowest BCUT2D eigenvalue weighted by Crippen LogP contribution is -1.92. The molecule has 0 radical (unpaired) electrons. The largest absolute Gasteiger partial charge is 0.0584 e. The molecule has 0 aliphatic rings. The SMILES string of the molecule is Cc1cc2ccc(C)c(C)c2c(C)c1C.Cc1cc2ccc(C)c(C)c2c(C)c1C.Cc1cc2ccc(C)c(C)c2c(C)c1C. The van der Waals surface area contributed by atoms with Gasteiger partial charge in [-0.3, -0.25) is 0 Å². The molecule has 0 N–H and O–H groups in total. The average Bonchev–Trinajstić information content (AvgIpc) is 3.00. The van der Waals surface area contributed by atoms with Gasteiger partial charge in [-0.1, -0.05) is 54.6 Å². The molecule has 0 bridgehead atoms. The Hall–Kier alpha value is -3.90. The van der Waals surface area contributed by atoms with Gasteiger partial charge in [-0.15, -0.1) is 0 Å². The van der Waals surface area contributed by atoms with Crippen molar-refractivity contribution >= 4 is 32.3 Å². The first kappa shape index (κ1) is 34.0. The summed E-state index contributed by atoms with van der Waals surface area (Å²) in [7, 11) is 0. The number of rotatable bonds is 0. The fraction of sp³-hybridized carbons (Fsp3) is 0.333. The highest BCUT2D eigenvalue weighted by molar-refractivity contribution is 5.93. The molecule has 6 aromatic carbocycles. The molecule has 0 fully saturated rings. The van der Waals surface area contributed by atoms with Crippen LogP contribution in [0.3, 0.4) is 0 Å². The Morgan fingerprint density at radius 1 is 0.222 bits per heavy atom. The highest BCUT2D eigenvalue weighted by atomic mass is 14.1. The summed E-state index contributed by atoms with van der Waals surface area (Å²) in [6.45, 7) is 33.1. The molecule has 0 spiro atoms. The van der Waals surface area contributed by atoms with Crippen LogP contribution in [-0.2, 0) is 0 Å². The molecule has 0 unspecified atom stereocenters. The summed E-state index contributed by atoms with van der Waals surface area (Å²) in [4.78, 5) is 0. The highest BCUT2D eigenvalue weighted by Gasteiger charge is 2.09. The van der Waals surface area contributed by atoms with Crippen molar-refractivity contribution in [3.63, 3.8) is 0 Å². The zero-order chi connectivity index (χ0) is 33.5. The highest BCUT2D eigenvalue weighted by Crippen LogP contribution is 2.31. The van der Waals surface area contributed by atoms with Gasteiger partial charge in [-0.05, 0) is 220 Å². The molecule has 0 aliphatic heterocycles. The Morgan fingerprint density at radius 3 is 0.667 bits per heavy atom. The summed E-state index contributed by atoms with van der Waals surface area (Å²) < 4.78 is 0. The van der Waals surface area contributed by atoms with Crippen molar-refractivity contribution in [2.24, 2.45) is 0 Å². The molecule has 6 rings (SSSR count). The number of hydrogen-bond acceptors (Lipinski definition) is 0. The van der Waals surface area contributed by atoms with Crippen LogP contribution >= 0.6 is 0 Å². The predicted octanol–water partition coefficient (Wildman–Crippen LogP) is 13.1. The molecule has 0 nitrogen and oxygen atoms in total. The van der Waals surface area contributed by atoms with E-state index in [9.17, 15) is 0 Å². The summed E-state index contributed by atoms with van der Waals surface area (Å²) in [5, 5.41) is 8.45. The first-order chi connectivity index (χ1) is 21.1. The van der Waals surface area contributed by atoms with Gasteiger partial charge >= 0.3 is 0 Å². The van der Waals surface area contributed by atoms with E-state index in [2.05, 4.69) is 158 Å². The molecular weight excluding hydrogens is 540 g/mol. The third kappa shape index (κ3) is 6.44. The monoisotopic (exact) mass is 594 g/mol. The first-order valence-electron chi connectivity index (χ1n) is 16.5. The van der Waals surface area contributed by atoms with Crippen LogP contribution in [0.2, 0.25) is 0 Å². The first-order valence-corrected chi connectivity index (χ1v) is 16.5. The second kappa shape index (κ2) is 13.2. The van der Waals surface area contributed by atoms with Gasteiger partial charge in [-0.25, -0.2) is 0 Å². The molecule has 0 saturated heterocycles. The Kier molecular flexibility index (Phi) is 9.98. The summed E-state index contributed by atoms with van der Waals surface area (Å²) in [6.07, 6.45) is 0. The molecule has 0 heterocycles. The van der Waals surface area contributed by atoms with E-state index in [0.717, 1.165) is 0 Å². The van der Waals surface area contributed by atoms with Gasteiger partial charge in [-0.2, -0.15) is 0 Å². The van der Waals surface area contributed by atoms with Crippen molar-refractivity contribution in [3.8, 4) is 0 Å². The van der Waals surface area contributed by atoms with Gasteiger partial charge in [0.05, 0.1) is 0 Å². The van der Waals surface area contributed by atoms with E-state index >= 15 is 0 Å². The fourth-order valence-corrected chi connectivity index (χ4v) is 6.84. The van der Waals surface area contributed by atoms with E-state index in [1.54, 1.807) is 0 Å². The third-order valence-electron chi connectivity index (χ3n) is 11.0. The maximum atomic E-state index is 2.30. The number of hydrogen-bond donors (Lipinski definition) is 0. The van der Waals surface area contributed by atoms with Gasteiger partial charge in [0.15, 0.2) is 0 Å². The Morgan fingerprint density at radius 2 is 0.444 bits per heavy atom. The smallest absolute Gasteiger partial charge is 0.0120 e. The van der Waals surface area contributed by atoms with Crippen LogP contribution in [0.4, 0.5) is 0 Å². The van der Waals surface area contributed by atoms with Crippen molar-refractivity contribution in [3.05, 3.63) is 138 Å². The van der Waals surface area contributed by atoms with Crippen LogP contribution in [0.15, 0.2) is 54.6 Å². The van der Waals surface area contributed by atoms with Crippen molar-refractivity contribution in [1.29, 1.82) is 0 Å². The molecule has 6 aromatic rings. The quantitative estimate of drug-likeness (QED) is 0.164. The zero-order valence-corrected chi connectivity index (χ0v) is 30.7. The summed E-state index contributed by atoms with van der Waals surface area (Å²) in [5.41, 5.74) is 21.2. The minimum absolute atomic E-state index is 1.37. The predicted molar refractivity (Wildman–Crippen MR) is 203 cm³/mol. The molecule has 0 heteroatoms. The van der Waals surface area contributed by atoms with Gasteiger partial charge in [0.25, 0.3) is 0 Å². The maximum Gasteiger partial charge on any atom is -0.0120 e. The molecular formula is C45H54. The fourth-order valence-electron chi connectivity index (χ4n) is 6.84. The molecule has 234 valence electrons. The molecule has 0 saturated carbocycles. The number of benzene rings is 6. The van der Waals surface area contributed by atoms with E-state index in [0.29, 0.717) is 0 Å². The average molecular weight is 595 g/mol. The molecule has 45 heavy (non-hydrogen) atoms. The zero-order valence-electron chi connectivity index (χ0n) is 30.7. The second-order valence-electron chi connectivity index (χ2n) is 13.6. The summed E-state index contributed by atoms with van der Waals surface area (Å²) in [6, 6.07) is 20.2. The lowest BCUT2D eigenvalue weighted by Gasteiger charge is -2.13. The van der Waals surface area contributed by atoms with E-state index in [4.69, 9.17) is 0 Å². The van der Waals surface area contributed by atoms with E-state index in [1.165, 1.54) is 116 Å². The third-order valence-corrected chi connectivity index (χ3v) is 11.0. The van der Waals surface area contributed by atoms with E-state index in [-0.39, 0.29) is 0 Å². The Bertz CT molecular complexity index is 1840. The van der Waals surface area contributed by atoms with Gasteiger partial charge in [0, 0.05) is 0 Å². The molecule has 0 aromatic heterocycles. The van der Waals surface area contributed by atoms with Crippen LogP contribution in [0.25, 0.3) is 32.3 Å². The van der Waals surface area contributed by atoms with Crippen LogP contribution < -0.4 is 0 Å². The van der Waals surface area contributed by atoms with Crippen LogP contribution in [0, 0.1) is 104 Å². The van der Waals surface area contributed by atoms with E-state index < -0.39 is 0 Å². The Balaban J connectivity index is 0.000000154. The second-order valence-corrected chi connectivity index (χ2v) is 13.6. The van der Waals surface area contributed by atoms with Gasteiger partial charge in [0.2, 0.25) is 0 Å². The van der Waals surface area contributed by atoms with Gasteiger partial charge in [0.1, 0.15) is 0 Å². The van der Waals surface area contributed by atoms with Crippen LogP contribution in [0.5, 0.6) is 0 Å². The number of fused-ring (bicyclic) bond motifs is 3. The minimum Gasteiger partial charge on any atom is -0.0584 e. The van der Waals surface area contributed by atoms with E-state index in [1.807, 2.05) is 0 Å². The normalized spacial score (nSPS) is 11.0. The van der Waals surface area contributed by atoms with Crippen molar-refractivity contribution < 1.29 is 0 Å².